The summed E-state index contributed by atoms with van der Waals surface area (Å²) in [6.45, 7) is 6.08. The van der Waals surface area contributed by atoms with Gasteiger partial charge in [-0.1, -0.05) is 36.0 Å². The van der Waals surface area contributed by atoms with Crippen LogP contribution >= 0.6 is 11.8 Å². The summed E-state index contributed by atoms with van der Waals surface area (Å²) in [6.07, 6.45) is 3.07. The van der Waals surface area contributed by atoms with Gasteiger partial charge in [-0.05, 0) is 56.1 Å². The zero-order valence-electron chi connectivity index (χ0n) is 20.1. The van der Waals surface area contributed by atoms with E-state index in [1.54, 1.807) is 17.0 Å². The minimum absolute atomic E-state index is 0.0318. The van der Waals surface area contributed by atoms with E-state index >= 15 is 0 Å². The van der Waals surface area contributed by atoms with Crippen LogP contribution in [0, 0.1) is 10.1 Å². The van der Waals surface area contributed by atoms with E-state index in [-0.39, 0.29) is 28.7 Å². The molecule has 1 aliphatic carbocycles. The Kier molecular flexibility index (Phi) is 6.29. The lowest BCUT2D eigenvalue weighted by molar-refractivity contribution is -0.385. The Balaban J connectivity index is 1.51. The second-order valence-electron chi connectivity index (χ2n) is 9.03. The summed E-state index contributed by atoms with van der Waals surface area (Å²) < 4.78 is 0. The lowest BCUT2D eigenvalue weighted by atomic mass is 9.81. The van der Waals surface area contributed by atoms with Gasteiger partial charge in [-0.15, -0.1) is 0 Å². The standard InChI is InChI=1S/C26H29N5O3S/c1-4-30(5-2)26(32)27-16-12-20-19-10-7-11-22-24(19)21(14-23(20)29(3)15-16)25(28-22)35-18-9-6-8-17(13-18)31(33)34/h6-13,16,23,28H,4-5,14-15H2,1-3H3,(H,27,32)/t16-,23+/m0/s1. The van der Waals surface area contributed by atoms with Crippen LogP contribution < -0.4 is 5.32 Å². The lowest BCUT2D eigenvalue weighted by Crippen LogP contribution is -2.52. The molecule has 0 saturated carbocycles. The van der Waals surface area contributed by atoms with E-state index < -0.39 is 0 Å². The number of hydrogen-bond acceptors (Lipinski definition) is 5. The molecule has 2 heterocycles. The number of hydrogen-bond donors (Lipinski definition) is 2. The number of fused-ring (bicyclic) bond motifs is 2. The predicted molar refractivity (Wildman–Crippen MR) is 139 cm³/mol. The average molecular weight is 492 g/mol. The molecule has 2 N–H and O–H groups in total. The van der Waals surface area contributed by atoms with Gasteiger partial charge in [0, 0.05) is 53.6 Å². The number of carbonyl (C=O) groups is 1. The summed E-state index contributed by atoms with van der Waals surface area (Å²) in [5.41, 5.74) is 4.82. The van der Waals surface area contributed by atoms with Crippen molar-refractivity contribution in [2.45, 2.75) is 42.3 Å². The number of nitrogens with one attached hydrogen (secondary N) is 2. The Bertz CT molecular complexity index is 1330. The van der Waals surface area contributed by atoms with Crippen LogP contribution in [-0.2, 0) is 6.42 Å². The van der Waals surface area contributed by atoms with Crippen LogP contribution in [0.2, 0.25) is 0 Å². The molecule has 0 saturated heterocycles. The molecule has 35 heavy (non-hydrogen) atoms. The zero-order chi connectivity index (χ0) is 24.7. The molecule has 2 atom stereocenters. The zero-order valence-corrected chi connectivity index (χ0v) is 20.9. The van der Waals surface area contributed by atoms with Crippen molar-refractivity contribution in [3.63, 3.8) is 0 Å². The first-order valence-electron chi connectivity index (χ1n) is 11.9. The largest absolute Gasteiger partial charge is 0.349 e. The Hall–Kier alpha value is -3.30. The van der Waals surface area contributed by atoms with Gasteiger partial charge in [-0.3, -0.25) is 15.0 Å². The number of nitrogens with zero attached hydrogens (tertiary/aromatic N) is 3. The summed E-state index contributed by atoms with van der Waals surface area (Å²) in [7, 11) is 2.11. The first-order chi connectivity index (χ1) is 16.9. The van der Waals surface area contributed by atoms with E-state index in [1.807, 2.05) is 19.9 Å². The van der Waals surface area contributed by atoms with E-state index in [1.165, 1.54) is 39.9 Å². The maximum Gasteiger partial charge on any atom is 0.317 e. The van der Waals surface area contributed by atoms with Crippen LogP contribution in [0.3, 0.4) is 0 Å². The van der Waals surface area contributed by atoms with E-state index in [2.05, 4.69) is 46.5 Å². The Morgan fingerprint density at radius 1 is 1.26 bits per heavy atom. The highest BCUT2D eigenvalue weighted by Crippen LogP contribution is 2.45. The number of nitro benzene ring substituents is 1. The number of benzene rings is 2. The highest BCUT2D eigenvalue weighted by Gasteiger charge is 2.35. The van der Waals surface area contributed by atoms with Crippen molar-refractivity contribution >= 4 is 40.0 Å². The maximum atomic E-state index is 12.7. The van der Waals surface area contributed by atoms with Crippen molar-refractivity contribution in [1.82, 2.24) is 20.1 Å². The number of urea groups is 1. The van der Waals surface area contributed by atoms with Crippen LogP contribution in [-0.4, -0.2) is 64.5 Å². The third-order valence-electron chi connectivity index (χ3n) is 6.96. The average Bonchev–Trinajstić information content (AvgIpc) is 3.19. The molecular formula is C26H29N5O3S. The summed E-state index contributed by atoms with van der Waals surface area (Å²) in [5, 5.41) is 16.7. The van der Waals surface area contributed by atoms with Crippen LogP contribution in [0.1, 0.15) is 25.0 Å². The van der Waals surface area contributed by atoms with Gasteiger partial charge in [-0.25, -0.2) is 4.79 Å². The molecule has 2 amide bonds. The molecule has 8 nitrogen and oxygen atoms in total. The molecule has 0 spiro atoms. The normalized spacial score (nSPS) is 19.2. The summed E-state index contributed by atoms with van der Waals surface area (Å²) in [5.74, 6) is 0. The van der Waals surface area contributed by atoms with Crippen molar-refractivity contribution in [3.05, 3.63) is 69.8 Å². The number of carbonyl (C=O) groups excluding carboxylic acids is 1. The molecular weight excluding hydrogens is 462 g/mol. The number of nitro groups is 1. The first-order valence-corrected chi connectivity index (χ1v) is 12.7. The number of amides is 2. The van der Waals surface area contributed by atoms with Gasteiger partial charge in [0.05, 0.1) is 16.0 Å². The van der Waals surface area contributed by atoms with Crippen molar-refractivity contribution in [1.29, 1.82) is 0 Å². The highest BCUT2D eigenvalue weighted by atomic mass is 32.2. The maximum absolute atomic E-state index is 12.7. The van der Waals surface area contributed by atoms with Gasteiger partial charge in [0.2, 0.25) is 0 Å². The number of rotatable bonds is 6. The van der Waals surface area contributed by atoms with Crippen LogP contribution in [0.4, 0.5) is 10.5 Å². The molecule has 9 heteroatoms. The molecule has 0 bridgehead atoms. The topological polar surface area (TPSA) is 94.5 Å². The second kappa shape index (κ2) is 9.39. The van der Waals surface area contributed by atoms with Gasteiger partial charge < -0.3 is 15.2 Å². The number of aromatic amines is 1. The fourth-order valence-electron chi connectivity index (χ4n) is 5.23. The Labute approximate surface area is 208 Å². The third kappa shape index (κ3) is 4.30. The molecule has 0 fully saturated rings. The fourth-order valence-corrected chi connectivity index (χ4v) is 6.26. The molecule has 3 aromatic rings. The quantitative estimate of drug-likeness (QED) is 0.378. The minimum atomic E-state index is -0.360. The van der Waals surface area contributed by atoms with Gasteiger partial charge in [0.25, 0.3) is 5.69 Å². The van der Waals surface area contributed by atoms with Crippen molar-refractivity contribution in [2.24, 2.45) is 0 Å². The van der Waals surface area contributed by atoms with Crippen molar-refractivity contribution < 1.29 is 9.72 Å². The van der Waals surface area contributed by atoms with Crippen LogP contribution in [0.5, 0.6) is 0 Å². The Morgan fingerprint density at radius 2 is 2.03 bits per heavy atom. The SMILES string of the molecule is CCN(CC)C(=O)N[C@H]1C=C2c3cccc4[nH]c(Sc5cccc([N+](=O)[O-])c5)c(c34)C[C@H]2N(C)C1. The van der Waals surface area contributed by atoms with Crippen molar-refractivity contribution in [3.8, 4) is 0 Å². The first kappa shape index (κ1) is 23.4. The number of aromatic nitrogens is 1. The number of likely N-dealkylation sites (N-methyl/N-ethyl adjacent to an activating group) is 1. The molecule has 182 valence electrons. The van der Waals surface area contributed by atoms with Gasteiger partial charge >= 0.3 is 6.03 Å². The smallest absolute Gasteiger partial charge is 0.317 e. The van der Waals surface area contributed by atoms with Crippen molar-refractivity contribution in [2.75, 3.05) is 26.7 Å². The fraction of sp³-hybridized carbons (Fsp3) is 0.346. The van der Waals surface area contributed by atoms with E-state index in [0.717, 1.165) is 28.4 Å². The Morgan fingerprint density at radius 3 is 2.77 bits per heavy atom. The van der Waals surface area contributed by atoms with Gasteiger partial charge in [0.15, 0.2) is 0 Å². The summed E-state index contributed by atoms with van der Waals surface area (Å²) in [4.78, 5) is 32.1. The van der Waals surface area contributed by atoms with Crippen LogP contribution in [0.15, 0.2) is 58.5 Å². The molecule has 0 radical (unpaired) electrons. The van der Waals surface area contributed by atoms with Gasteiger partial charge in [0.1, 0.15) is 0 Å². The molecule has 1 aliphatic heterocycles. The van der Waals surface area contributed by atoms with E-state index in [0.29, 0.717) is 13.1 Å². The predicted octanol–water partition coefficient (Wildman–Crippen LogP) is 4.90. The van der Waals surface area contributed by atoms with Crippen LogP contribution in [0.25, 0.3) is 16.5 Å². The summed E-state index contributed by atoms with van der Waals surface area (Å²) in [6, 6.07) is 13.2. The highest BCUT2D eigenvalue weighted by molar-refractivity contribution is 7.99. The lowest BCUT2D eigenvalue weighted by Gasteiger charge is -2.40. The molecule has 2 aliphatic rings. The summed E-state index contributed by atoms with van der Waals surface area (Å²) >= 11 is 1.54. The van der Waals surface area contributed by atoms with E-state index in [9.17, 15) is 14.9 Å². The minimum Gasteiger partial charge on any atom is -0.349 e. The molecule has 0 unspecified atom stereocenters. The van der Waals surface area contributed by atoms with Gasteiger partial charge in [-0.2, -0.15) is 0 Å². The molecule has 5 rings (SSSR count). The second-order valence-corrected chi connectivity index (χ2v) is 10.1. The molecule has 1 aromatic heterocycles. The molecule has 2 aromatic carbocycles. The number of non-ortho nitro benzene ring substituents is 1. The monoisotopic (exact) mass is 491 g/mol. The third-order valence-corrected chi connectivity index (χ3v) is 8.00. The van der Waals surface area contributed by atoms with E-state index in [4.69, 9.17) is 0 Å². The number of H-pyrrole nitrogens is 1.